The Bertz CT molecular complexity index is 2090. The molecule has 0 radical (unpaired) electrons. The van der Waals surface area contributed by atoms with Gasteiger partial charge < -0.3 is 0 Å². The lowest BCUT2D eigenvalue weighted by Gasteiger charge is -2.31. The molecule has 5 aromatic carbocycles. The lowest BCUT2D eigenvalue weighted by atomic mass is 9.70. The topological polar surface area (TPSA) is 8.81 Å². The summed E-state index contributed by atoms with van der Waals surface area (Å²) in [7, 11) is 0. The Hall–Kier alpha value is -4.69. The zero-order valence-electron chi connectivity index (χ0n) is 26.8. The lowest BCUT2D eigenvalue weighted by Crippen LogP contribution is -2.49. The fourth-order valence-electron chi connectivity index (χ4n) is 8.79. The van der Waals surface area contributed by atoms with Gasteiger partial charge in [-0.15, -0.1) is 0 Å². The van der Waals surface area contributed by atoms with Gasteiger partial charge in [0.1, 0.15) is 23.6 Å². The molecule has 9 rings (SSSR count). The predicted octanol–water partition coefficient (Wildman–Crippen LogP) is 9.82. The van der Waals surface area contributed by atoms with Crippen LogP contribution < -0.4 is 4.57 Å². The summed E-state index contributed by atoms with van der Waals surface area (Å²) >= 11 is 0. The molecule has 0 saturated heterocycles. The standard InChI is InChI=1S/C40H33N2.C2H6/c1-24-20-25(2)37(26(3)21-24)41-18-19-42-38(41)31-22-30-29-14-8-11-17-34(29)40(36(30)23-35(31)39(42,4)5)32-15-9-6-12-27(32)28-13-7-10-16-33(28)40;1-2/h6-23H,1-5H3;1-2H3/q+1;. The number of benzene rings is 5. The highest BCUT2D eigenvalue weighted by Gasteiger charge is 2.54. The second-order valence-corrected chi connectivity index (χ2v) is 13.0. The van der Waals surface area contributed by atoms with Gasteiger partial charge in [-0.2, -0.15) is 4.57 Å². The molecule has 0 N–H and O–H groups in total. The van der Waals surface area contributed by atoms with Crippen LogP contribution in [0.2, 0.25) is 0 Å². The number of fused-ring (bicyclic) bond motifs is 13. The van der Waals surface area contributed by atoms with E-state index in [9.17, 15) is 0 Å². The molecule has 0 saturated carbocycles. The Kier molecular flexibility index (Phi) is 5.60. The van der Waals surface area contributed by atoms with E-state index in [1.807, 2.05) is 13.8 Å². The minimum Gasteiger partial charge on any atom is -0.221 e. The first-order valence-electron chi connectivity index (χ1n) is 16.0. The molecule has 2 nitrogen and oxygen atoms in total. The molecule has 0 bridgehead atoms. The Morgan fingerprint density at radius 3 is 1.59 bits per heavy atom. The summed E-state index contributed by atoms with van der Waals surface area (Å²) in [4.78, 5) is 0. The maximum Gasteiger partial charge on any atom is 0.295 e. The van der Waals surface area contributed by atoms with E-state index < -0.39 is 0 Å². The van der Waals surface area contributed by atoms with Crippen molar-refractivity contribution in [3.8, 4) is 39.3 Å². The van der Waals surface area contributed by atoms with Crippen LogP contribution in [-0.2, 0) is 11.0 Å². The third-order valence-corrected chi connectivity index (χ3v) is 10.3. The number of hydrogen-bond donors (Lipinski definition) is 0. The molecule has 2 aliphatic carbocycles. The molecule has 44 heavy (non-hydrogen) atoms. The molecule has 2 heteroatoms. The van der Waals surface area contributed by atoms with E-state index in [0.717, 1.165) is 0 Å². The first-order chi connectivity index (χ1) is 21.3. The van der Waals surface area contributed by atoms with E-state index in [0.29, 0.717) is 0 Å². The zero-order valence-corrected chi connectivity index (χ0v) is 26.8. The van der Waals surface area contributed by atoms with Crippen LogP contribution in [0.1, 0.15) is 72.2 Å². The first kappa shape index (κ1) is 26.9. The van der Waals surface area contributed by atoms with E-state index in [1.165, 1.54) is 83.8 Å². The van der Waals surface area contributed by atoms with Crippen molar-refractivity contribution in [2.24, 2.45) is 0 Å². The largest absolute Gasteiger partial charge is 0.295 e. The second kappa shape index (κ2) is 9.16. The van der Waals surface area contributed by atoms with Gasteiger partial charge in [-0.05, 0) is 102 Å². The lowest BCUT2D eigenvalue weighted by molar-refractivity contribution is -0.730. The second-order valence-electron chi connectivity index (χ2n) is 13.0. The SMILES string of the molecule is CC.Cc1cc(C)c(-n2cc[n+]3c2-c2cc4c(cc2C3(C)C)C2(c3ccccc3-c3ccccc32)c2ccccc2-4)c(C)c1. The minimum atomic E-state index is -0.318. The summed E-state index contributed by atoms with van der Waals surface area (Å²) in [5, 5.41) is 0. The van der Waals surface area contributed by atoms with Crippen LogP contribution in [0.3, 0.4) is 0 Å². The van der Waals surface area contributed by atoms with Crippen molar-refractivity contribution in [1.29, 1.82) is 0 Å². The molecular weight excluding hydrogens is 532 g/mol. The predicted molar refractivity (Wildman–Crippen MR) is 182 cm³/mol. The number of nitrogens with zero attached hydrogens (tertiary/aromatic N) is 2. The number of aromatic nitrogens is 2. The summed E-state index contributed by atoms with van der Waals surface area (Å²) in [6, 6.07) is 36.9. The highest BCUT2D eigenvalue weighted by atomic mass is 15.2. The number of hydrogen-bond acceptors (Lipinski definition) is 0. The van der Waals surface area contributed by atoms with Gasteiger partial charge in [-0.1, -0.05) is 104 Å². The van der Waals surface area contributed by atoms with Gasteiger partial charge in [-0.3, -0.25) is 0 Å². The van der Waals surface area contributed by atoms with Gasteiger partial charge in [0.25, 0.3) is 5.82 Å². The molecule has 0 atom stereocenters. The first-order valence-corrected chi connectivity index (χ1v) is 16.0. The van der Waals surface area contributed by atoms with Gasteiger partial charge in [0.15, 0.2) is 0 Å². The van der Waals surface area contributed by atoms with Crippen molar-refractivity contribution in [3.63, 3.8) is 0 Å². The third-order valence-electron chi connectivity index (χ3n) is 10.3. The van der Waals surface area contributed by atoms with E-state index in [2.05, 4.69) is 153 Å². The van der Waals surface area contributed by atoms with E-state index in [1.54, 1.807) is 0 Å². The molecule has 216 valence electrons. The van der Waals surface area contributed by atoms with Crippen LogP contribution in [0.25, 0.3) is 39.3 Å². The van der Waals surface area contributed by atoms with Crippen LogP contribution in [0.5, 0.6) is 0 Å². The molecule has 1 aromatic heterocycles. The monoisotopic (exact) mass is 571 g/mol. The molecule has 1 aliphatic heterocycles. The van der Waals surface area contributed by atoms with Crippen molar-refractivity contribution >= 4 is 0 Å². The van der Waals surface area contributed by atoms with Crippen LogP contribution in [0.15, 0.2) is 109 Å². The molecule has 2 heterocycles. The van der Waals surface area contributed by atoms with Crippen molar-refractivity contribution in [2.45, 2.75) is 59.4 Å². The maximum absolute atomic E-state index is 2.57. The smallest absolute Gasteiger partial charge is 0.221 e. The third kappa shape index (κ3) is 3.13. The molecular formula is C42H39N2+. The van der Waals surface area contributed by atoms with Crippen LogP contribution in [0, 0.1) is 20.8 Å². The highest BCUT2D eigenvalue weighted by molar-refractivity contribution is 5.96. The van der Waals surface area contributed by atoms with Crippen molar-refractivity contribution in [1.82, 2.24) is 4.57 Å². The Labute approximate surface area is 261 Å². The molecule has 3 aliphatic rings. The van der Waals surface area contributed by atoms with Crippen molar-refractivity contribution in [2.75, 3.05) is 0 Å². The van der Waals surface area contributed by atoms with E-state index in [-0.39, 0.29) is 11.0 Å². The summed E-state index contributed by atoms with van der Waals surface area (Å²) < 4.78 is 4.92. The van der Waals surface area contributed by atoms with Crippen LogP contribution in [0.4, 0.5) is 0 Å². The molecule has 0 fully saturated rings. The number of aryl methyl sites for hydroxylation is 3. The average molecular weight is 572 g/mol. The van der Waals surface area contributed by atoms with Crippen LogP contribution >= 0.6 is 0 Å². The van der Waals surface area contributed by atoms with Crippen molar-refractivity contribution < 1.29 is 4.57 Å². The number of imidazole rings is 1. The van der Waals surface area contributed by atoms with E-state index in [4.69, 9.17) is 0 Å². The Balaban J connectivity index is 0.00000142. The normalized spacial score (nSPS) is 15.1. The Morgan fingerprint density at radius 1 is 0.545 bits per heavy atom. The fourth-order valence-corrected chi connectivity index (χ4v) is 8.79. The maximum atomic E-state index is 2.57. The van der Waals surface area contributed by atoms with E-state index >= 15 is 0 Å². The summed E-state index contributed by atoms with van der Waals surface area (Å²) in [5.41, 5.74) is 18.4. The van der Waals surface area contributed by atoms with Gasteiger partial charge >= 0.3 is 0 Å². The van der Waals surface area contributed by atoms with Gasteiger partial charge in [0.05, 0.1) is 11.0 Å². The highest BCUT2D eigenvalue weighted by Crippen LogP contribution is 2.63. The summed E-state index contributed by atoms with van der Waals surface area (Å²) in [6.45, 7) is 15.4. The Morgan fingerprint density at radius 2 is 1.05 bits per heavy atom. The van der Waals surface area contributed by atoms with Crippen LogP contribution in [-0.4, -0.2) is 4.57 Å². The van der Waals surface area contributed by atoms with Gasteiger partial charge in [-0.25, -0.2) is 4.57 Å². The molecule has 0 unspecified atom stereocenters. The summed E-state index contributed by atoms with van der Waals surface area (Å²) in [6.07, 6.45) is 4.54. The zero-order chi connectivity index (χ0) is 30.5. The average Bonchev–Trinajstić information content (AvgIpc) is 3.73. The number of rotatable bonds is 1. The van der Waals surface area contributed by atoms with Gasteiger partial charge in [0, 0.05) is 5.56 Å². The molecule has 6 aromatic rings. The fraction of sp³-hybridized carbons (Fsp3) is 0.214. The van der Waals surface area contributed by atoms with Gasteiger partial charge in [0.2, 0.25) is 0 Å². The van der Waals surface area contributed by atoms with Crippen molar-refractivity contribution in [3.05, 3.63) is 154 Å². The minimum absolute atomic E-state index is 0.189. The summed E-state index contributed by atoms with van der Waals surface area (Å²) in [5.74, 6) is 1.26. The molecule has 1 spiro atoms. The quantitative estimate of drug-likeness (QED) is 0.173. The molecule has 0 amide bonds.